The number of nitrogens with one attached hydrogen (secondary N) is 1. The first-order valence-corrected chi connectivity index (χ1v) is 8.00. The molecular formula is C15H26N4O3. The Morgan fingerprint density at radius 3 is 3.00 bits per heavy atom. The maximum absolute atomic E-state index is 12.0. The molecule has 1 fully saturated rings. The molecule has 0 aliphatic carbocycles. The van der Waals surface area contributed by atoms with Gasteiger partial charge in [0.1, 0.15) is 6.26 Å². The summed E-state index contributed by atoms with van der Waals surface area (Å²) in [7, 11) is 0. The number of carbonyl (C=O) groups is 1. The second-order valence-electron chi connectivity index (χ2n) is 5.53. The number of oxazole rings is 1. The molecule has 1 aliphatic heterocycles. The monoisotopic (exact) mass is 310 g/mol. The smallest absolute Gasteiger partial charge is 0.273 e. The molecule has 1 aromatic rings. The summed E-state index contributed by atoms with van der Waals surface area (Å²) in [5.74, 6) is 0.220. The van der Waals surface area contributed by atoms with E-state index in [1.807, 2.05) is 0 Å². The minimum absolute atomic E-state index is 0.217. The fourth-order valence-electron chi connectivity index (χ4n) is 2.35. The van der Waals surface area contributed by atoms with E-state index in [9.17, 15) is 4.79 Å². The number of carbonyl (C=O) groups excluding carboxylic acids is 1. The molecular weight excluding hydrogens is 284 g/mol. The average Bonchev–Trinajstić information content (AvgIpc) is 3.03. The quantitative estimate of drug-likeness (QED) is 0.742. The van der Waals surface area contributed by atoms with Gasteiger partial charge in [-0.1, -0.05) is 19.8 Å². The molecule has 1 atom stereocenters. The van der Waals surface area contributed by atoms with Crippen molar-refractivity contribution in [2.24, 2.45) is 5.73 Å². The van der Waals surface area contributed by atoms with Crippen molar-refractivity contribution < 1.29 is 13.9 Å². The molecule has 0 spiro atoms. The molecule has 7 nitrogen and oxygen atoms in total. The van der Waals surface area contributed by atoms with Gasteiger partial charge < -0.3 is 20.2 Å². The summed E-state index contributed by atoms with van der Waals surface area (Å²) in [5, 5.41) is 2.86. The van der Waals surface area contributed by atoms with Gasteiger partial charge in [0.25, 0.3) is 5.91 Å². The van der Waals surface area contributed by atoms with Crippen LogP contribution in [0, 0.1) is 0 Å². The van der Waals surface area contributed by atoms with Gasteiger partial charge in [0, 0.05) is 26.2 Å². The standard InChI is InChI=1S/C15H26N4O3/c1-2-3-4-12(16)15-18-13(11-22-15)14(20)17-5-6-19-7-9-21-10-8-19/h11-12H,2-10,16H2,1H3,(H,17,20). The highest BCUT2D eigenvalue weighted by Gasteiger charge is 2.17. The Labute approximate surface area is 131 Å². The van der Waals surface area contributed by atoms with Crippen molar-refractivity contribution in [3.05, 3.63) is 17.8 Å². The van der Waals surface area contributed by atoms with Crippen LogP contribution in [0.4, 0.5) is 0 Å². The molecule has 22 heavy (non-hydrogen) atoms. The van der Waals surface area contributed by atoms with E-state index in [0.717, 1.165) is 52.1 Å². The summed E-state index contributed by atoms with van der Waals surface area (Å²) in [5.41, 5.74) is 6.28. The third-order valence-corrected chi connectivity index (χ3v) is 3.76. The van der Waals surface area contributed by atoms with Crippen LogP contribution in [0.5, 0.6) is 0 Å². The minimum atomic E-state index is -0.241. The van der Waals surface area contributed by atoms with Crippen molar-refractivity contribution in [2.75, 3.05) is 39.4 Å². The highest BCUT2D eigenvalue weighted by molar-refractivity contribution is 5.91. The molecule has 1 aliphatic rings. The fourth-order valence-corrected chi connectivity index (χ4v) is 2.35. The Bertz CT molecular complexity index is 457. The number of ether oxygens (including phenoxy) is 1. The highest BCUT2D eigenvalue weighted by atomic mass is 16.5. The van der Waals surface area contributed by atoms with Crippen molar-refractivity contribution in [2.45, 2.75) is 32.2 Å². The third-order valence-electron chi connectivity index (χ3n) is 3.76. The first-order chi connectivity index (χ1) is 10.7. The minimum Gasteiger partial charge on any atom is -0.446 e. The van der Waals surface area contributed by atoms with Gasteiger partial charge in [-0.2, -0.15) is 0 Å². The van der Waals surface area contributed by atoms with Gasteiger partial charge in [0.15, 0.2) is 5.69 Å². The van der Waals surface area contributed by atoms with Crippen LogP contribution >= 0.6 is 0 Å². The van der Waals surface area contributed by atoms with E-state index in [2.05, 4.69) is 22.1 Å². The number of amides is 1. The Morgan fingerprint density at radius 1 is 1.50 bits per heavy atom. The average molecular weight is 310 g/mol. The van der Waals surface area contributed by atoms with Gasteiger partial charge in [0.2, 0.25) is 5.89 Å². The lowest BCUT2D eigenvalue weighted by Crippen LogP contribution is -2.41. The third kappa shape index (κ3) is 5.08. The first-order valence-electron chi connectivity index (χ1n) is 8.00. The second kappa shape index (κ2) is 8.87. The normalized spacial score (nSPS) is 17.4. The van der Waals surface area contributed by atoms with Crippen LogP contribution < -0.4 is 11.1 Å². The highest BCUT2D eigenvalue weighted by Crippen LogP contribution is 2.16. The number of rotatable bonds is 8. The summed E-state index contributed by atoms with van der Waals surface area (Å²) in [6, 6.07) is -0.241. The molecule has 3 N–H and O–H groups in total. The second-order valence-corrected chi connectivity index (χ2v) is 5.53. The molecule has 1 saturated heterocycles. The lowest BCUT2D eigenvalue weighted by molar-refractivity contribution is 0.0383. The number of hydrogen-bond donors (Lipinski definition) is 2. The van der Waals surface area contributed by atoms with Crippen LogP contribution in [0.1, 0.15) is 48.6 Å². The zero-order valence-electron chi connectivity index (χ0n) is 13.2. The predicted octanol–water partition coefficient (Wildman–Crippen LogP) is 0.927. The molecule has 1 unspecified atom stereocenters. The molecule has 0 saturated carbocycles. The molecule has 0 bridgehead atoms. The summed E-state index contributed by atoms with van der Waals surface area (Å²) < 4.78 is 10.6. The summed E-state index contributed by atoms with van der Waals surface area (Å²) in [6.45, 7) is 6.85. The molecule has 2 heterocycles. The fraction of sp³-hybridized carbons (Fsp3) is 0.733. The summed E-state index contributed by atoms with van der Waals surface area (Å²) >= 11 is 0. The van der Waals surface area contributed by atoms with Crippen LogP contribution in [-0.4, -0.2) is 55.2 Å². The zero-order chi connectivity index (χ0) is 15.8. The van der Waals surface area contributed by atoms with Crippen LogP contribution in [-0.2, 0) is 4.74 Å². The molecule has 1 amide bonds. The number of nitrogens with zero attached hydrogens (tertiary/aromatic N) is 2. The van der Waals surface area contributed by atoms with E-state index >= 15 is 0 Å². The van der Waals surface area contributed by atoms with E-state index in [0.29, 0.717) is 18.1 Å². The van der Waals surface area contributed by atoms with Gasteiger partial charge in [0.05, 0.1) is 19.3 Å². The summed E-state index contributed by atoms with van der Waals surface area (Å²) in [4.78, 5) is 18.5. The lowest BCUT2D eigenvalue weighted by Gasteiger charge is -2.26. The van der Waals surface area contributed by atoms with Crippen LogP contribution in [0.2, 0.25) is 0 Å². The SMILES string of the molecule is CCCCC(N)c1nc(C(=O)NCCN2CCOCC2)co1. The first kappa shape index (κ1) is 16.9. The Morgan fingerprint density at radius 2 is 2.27 bits per heavy atom. The maximum Gasteiger partial charge on any atom is 0.273 e. The Hall–Kier alpha value is -1.44. The van der Waals surface area contributed by atoms with Gasteiger partial charge in [-0.25, -0.2) is 4.98 Å². The van der Waals surface area contributed by atoms with E-state index in [1.54, 1.807) is 0 Å². The van der Waals surface area contributed by atoms with E-state index in [-0.39, 0.29) is 11.9 Å². The number of hydrogen-bond acceptors (Lipinski definition) is 6. The number of nitrogens with two attached hydrogens (primary N) is 1. The number of unbranched alkanes of at least 4 members (excludes halogenated alkanes) is 1. The van der Waals surface area contributed by atoms with Gasteiger partial charge in [-0.3, -0.25) is 9.69 Å². The van der Waals surface area contributed by atoms with Crippen molar-refractivity contribution in [1.82, 2.24) is 15.2 Å². The van der Waals surface area contributed by atoms with Crippen molar-refractivity contribution in [1.29, 1.82) is 0 Å². The van der Waals surface area contributed by atoms with Crippen LogP contribution in [0.25, 0.3) is 0 Å². The largest absolute Gasteiger partial charge is 0.446 e. The molecule has 7 heteroatoms. The van der Waals surface area contributed by atoms with Crippen LogP contribution in [0.3, 0.4) is 0 Å². The maximum atomic E-state index is 12.0. The molecule has 2 rings (SSSR count). The Kier molecular flexibility index (Phi) is 6.82. The van der Waals surface area contributed by atoms with E-state index in [4.69, 9.17) is 14.9 Å². The topological polar surface area (TPSA) is 93.6 Å². The van der Waals surface area contributed by atoms with Crippen molar-refractivity contribution in [3.63, 3.8) is 0 Å². The molecule has 1 aromatic heterocycles. The number of morpholine rings is 1. The summed E-state index contributed by atoms with van der Waals surface area (Å²) in [6.07, 6.45) is 4.29. The molecule has 0 aromatic carbocycles. The lowest BCUT2D eigenvalue weighted by atomic mass is 10.1. The molecule has 124 valence electrons. The molecule has 0 radical (unpaired) electrons. The van der Waals surface area contributed by atoms with E-state index in [1.165, 1.54) is 6.26 Å². The van der Waals surface area contributed by atoms with E-state index < -0.39 is 0 Å². The van der Waals surface area contributed by atoms with Crippen molar-refractivity contribution >= 4 is 5.91 Å². The van der Waals surface area contributed by atoms with Crippen LogP contribution in [0.15, 0.2) is 10.7 Å². The van der Waals surface area contributed by atoms with Gasteiger partial charge in [-0.15, -0.1) is 0 Å². The predicted molar refractivity (Wildman–Crippen MR) is 82.5 cm³/mol. The van der Waals surface area contributed by atoms with Crippen molar-refractivity contribution in [3.8, 4) is 0 Å². The Balaban J connectivity index is 1.74. The zero-order valence-corrected chi connectivity index (χ0v) is 13.2. The van der Waals surface area contributed by atoms with Gasteiger partial charge >= 0.3 is 0 Å². The van der Waals surface area contributed by atoms with Gasteiger partial charge in [-0.05, 0) is 6.42 Å². The number of aromatic nitrogens is 1.